The zero-order chi connectivity index (χ0) is 25.9. The first-order valence-corrected chi connectivity index (χ1v) is 13.1. The van der Waals surface area contributed by atoms with Crippen LogP contribution in [0.1, 0.15) is 41.9 Å². The van der Waals surface area contributed by atoms with Gasteiger partial charge in [-0.05, 0) is 75.7 Å². The van der Waals surface area contributed by atoms with E-state index in [1.165, 1.54) is 11.8 Å². The van der Waals surface area contributed by atoms with Gasteiger partial charge in [0.05, 0.1) is 0 Å². The lowest BCUT2D eigenvalue weighted by Crippen LogP contribution is -2.35. The number of nitrogens with one attached hydrogen (secondary N) is 3. The topological polar surface area (TPSA) is 151 Å². The number of amides is 1. The molecule has 1 aromatic carbocycles. The Morgan fingerprint density at radius 3 is 2.51 bits per heavy atom. The number of piperidine rings is 1. The van der Waals surface area contributed by atoms with E-state index in [-0.39, 0.29) is 35.1 Å². The summed E-state index contributed by atoms with van der Waals surface area (Å²) in [7, 11) is 2.05. The summed E-state index contributed by atoms with van der Waals surface area (Å²) in [4.78, 5) is 37.2. The third kappa shape index (κ3) is 6.38. The normalized spacial score (nSPS) is 16.4. The summed E-state index contributed by atoms with van der Waals surface area (Å²) in [6, 6.07) is 9.21. The molecule has 0 radical (unpaired) electrons. The van der Waals surface area contributed by atoms with Crippen molar-refractivity contribution in [2.45, 2.75) is 48.8 Å². The molecule has 3 aromatic rings. The maximum atomic E-state index is 13.1. The number of aromatic nitrogens is 4. The fourth-order valence-corrected chi connectivity index (χ4v) is 4.72. The number of hydrogen-bond donors (Lipinski definition) is 4. The molecule has 1 saturated carbocycles. The number of nitrogen functional groups attached to an aromatic ring is 1. The number of carbonyl (C=O) groups is 2. The van der Waals surface area contributed by atoms with Gasteiger partial charge in [-0.1, -0.05) is 0 Å². The summed E-state index contributed by atoms with van der Waals surface area (Å²) in [6.07, 6.45) is 3.24. The van der Waals surface area contributed by atoms with E-state index in [9.17, 15) is 9.59 Å². The zero-order valence-corrected chi connectivity index (χ0v) is 21.6. The molecule has 2 aliphatic rings. The molecule has 0 unspecified atom stereocenters. The van der Waals surface area contributed by atoms with Crippen LogP contribution in [0.25, 0.3) is 0 Å². The highest BCUT2D eigenvalue weighted by Gasteiger charge is 2.29. The van der Waals surface area contributed by atoms with E-state index in [1.54, 1.807) is 6.07 Å². The predicted octanol–water partition coefficient (Wildman–Crippen LogP) is 3.58. The van der Waals surface area contributed by atoms with Crippen LogP contribution in [0.15, 0.2) is 40.4 Å². The first-order valence-electron chi connectivity index (χ1n) is 12.3. The lowest BCUT2D eigenvalue weighted by atomic mass is 10.1. The molecule has 5 N–H and O–H groups in total. The monoisotopic (exact) mass is 522 g/mol. The van der Waals surface area contributed by atoms with Crippen LogP contribution in [0.2, 0.25) is 0 Å². The molecule has 1 aliphatic carbocycles. The van der Waals surface area contributed by atoms with Crippen LogP contribution in [0.5, 0.6) is 0 Å². The highest BCUT2D eigenvalue weighted by atomic mass is 32.2. The summed E-state index contributed by atoms with van der Waals surface area (Å²) in [5, 5.41) is 13.4. The summed E-state index contributed by atoms with van der Waals surface area (Å²) in [5.41, 5.74) is 8.05. The number of carbonyl (C=O) groups excluding carboxylic acids is 2. The van der Waals surface area contributed by atoms with Gasteiger partial charge in [0.2, 0.25) is 5.91 Å². The van der Waals surface area contributed by atoms with Gasteiger partial charge >= 0.3 is 5.97 Å². The number of rotatable bonds is 8. The summed E-state index contributed by atoms with van der Waals surface area (Å²) >= 11 is 1.28. The van der Waals surface area contributed by atoms with Gasteiger partial charge in [0.25, 0.3) is 0 Å². The number of aromatic amines is 1. The maximum absolute atomic E-state index is 13.1. The third-order valence-corrected chi connectivity index (χ3v) is 7.16. The minimum absolute atomic E-state index is 0.0134. The van der Waals surface area contributed by atoms with Gasteiger partial charge in [-0.25, -0.2) is 14.8 Å². The Kier molecular flexibility index (Phi) is 7.28. The van der Waals surface area contributed by atoms with Crippen molar-refractivity contribution in [1.82, 2.24) is 25.1 Å². The van der Waals surface area contributed by atoms with E-state index in [2.05, 4.69) is 35.7 Å². The van der Waals surface area contributed by atoms with Crippen molar-refractivity contribution in [3.63, 3.8) is 0 Å². The summed E-state index contributed by atoms with van der Waals surface area (Å²) in [6.45, 7) is 3.60. The second kappa shape index (κ2) is 10.8. The SMILES string of the molecule is Cc1cc(Nc2nc(Sc3ccc(NC(=O)C4CC4)cc3)nc(C(=O)OC3CCN(C)CC3)c2N)n[nH]1. The lowest BCUT2D eigenvalue weighted by molar-refractivity contribution is -0.117. The molecule has 11 nitrogen and oxygen atoms in total. The Hall–Kier alpha value is -3.64. The Bertz CT molecular complexity index is 1280. The van der Waals surface area contributed by atoms with Crippen LogP contribution < -0.4 is 16.4 Å². The number of esters is 1. The van der Waals surface area contributed by atoms with E-state index in [1.807, 2.05) is 38.2 Å². The molecule has 2 aromatic heterocycles. The fraction of sp³-hybridized carbons (Fsp3) is 0.400. The minimum atomic E-state index is -0.573. The fourth-order valence-electron chi connectivity index (χ4n) is 3.96. The Labute approximate surface area is 219 Å². The van der Waals surface area contributed by atoms with Crippen molar-refractivity contribution >= 4 is 46.6 Å². The number of likely N-dealkylation sites (tertiary alicyclic amines) is 1. The molecule has 37 heavy (non-hydrogen) atoms. The highest BCUT2D eigenvalue weighted by Crippen LogP contribution is 2.33. The van der Waals surface area contributed by atoms with Crippen LogP contribution in [0.3, 0.4) is 0 Å². The predicted molar refractivity (Wildman–Crippen MR) is 141 cm³/mol. The maximum Gasteiger partial charge on any atom is 0.359 e. The van der Waals surface area contributed by atoms with E-state index in [0.717, 1.165) is 55.0 Å². The lowest BCUT2D eigenvalue weighted by Gasteiger charge is -2.28. The molecule has 1 amide bonds. The van der Waals surface area contributed by atoms with Crippen molar-refractivity contribution in [2.24, 2.45) is 5.92 Å². The van der Waals surface area contributed by atoms with Crippen LogP contribution in [-0.4, -0.2) is 63.2 Å². The van der Waals surface area contributed by atoms with Gasteiger partial charge in [0.15, 0.2) is 22.5 Å². The van der Waals surface area contributed by atoms with Crippen LogP contribution in [0, 0.1) is 12.8 Å². The van der Waals surface area contributed by atoms with Crippen LogP contribution in [0.4, 0.5) is 23.0 Å². The largest absolute Gasteiger partial charge is 0.457 e. The van der Waals surface area contributed by atoms with E-state index in [0.29, 0.717) is 11.0 Å². The smallest absolute Gasteiger partial charge is 0.359 e. The quantitative estimate of drug-likeness (QED) is 0.255. The van der Waals surface area contributed by atoms with Crippen molar-refractivity contribution in [3.8, 4) is 0 Å². The number of benzene rings is 1. The van der Waals surface area contributed by atoms with Gasteiger partial charge in [-0.3, -0.25) is 9.89 Å². The molecule has 0 bridgehead atoms. The van der Waals surface area contributed by atoms with Crippen LogP contribution in [-0.2, 0) is 9.53 Å². The number of nitrogens with zero attached hydrogens (tertiary/aromatic N) is 4. The standard InChI is InChI=1S/C25H30N8O3S/c1-14-13-19(32-31-14)28-22-20(26)21(24(35)36-17-9-11-33(2)12-10-17)29-25(30-22)37-18-7-5-16(6-8-18)27-23(34)15-3-4-15/h5-8,13,15,17H,3-4,9-12,26H2,1-2H3,(H,27,34)(H2,28,29,30,31,32). The molecule has 1 saturated heterocycles. The average molecular weight is 523 g/mol. The average Bonchev–Trinajstić information content (AvgIpc) is 3.65. The van der Waals surface area contributed by atoms with E-state index >= 15 is 0 Å². The molecular formula is C25H30N8O3S. The van der Waals surface area contributed by atoms with Gasteiger partial charge in [-0.15, -0.1) is 0 Å². The van der Waals surface area contributed by atoms with Crippen molar-refractivity contribution in [3.05, 3.63) is 41.7 Å². The molecule has 0 spiro atoms. The molecule has 3 heterocycles. The Morgan fingerprint density at radius 1 is 1.14 bits per heavy atom. The highest BCUT2D eigenvalue weighted by molar-refractivity contribution is 7.99. The Morgan fingerprint density at radius 2 is 1.86 bits per heavy atom. The molecule has 2 fully saturated rings. The zero-order valence-electron chi connectivity index (χ0n) is 20.8. The van der Waals surface area contributed by atoms with E-state index < -0.39 is 5.97 Å². The van der Waals surface area contributed by atoms with Crippen molar-refractivity contribution < 1.29 is 14.3 Å². The van der Waals surface area contributed by atoms with Gasteiger partial charge < -0.3 is 26.0 Å². The first-order chi connectivity index (χ1) is 17.8. The van der Waals surface area contributed by atoms with Gasteiger partial charge in [0, 0.05) is 41.4 Å². The third-order valence-electron chi connectivity index (χ3n) is 6.29. The first kappa shape index (κ1) is 25.0. The van der Waals surface area contributed by atoms with Crippen molar-refractivity contribution in [2.75, 3.05) is 36.5 Å². The van der Waals surface area contributed by atoms with E-state index in [4.69, 9.17) is 10.5 Å². The number of nitrogens with two attached hydrogens (primary N) is 1. The number of aryl methyl sites for hydroxylation is 1. The van der Waals surface area contributed by atoms with Gasteiger partial charge in [0.1, 0.15) is 11.8 Å². The minimum Gasteiger partial charge on any atom is -0.457 e. The number of ether oxygens (including phenoxy) is 1. The molecule has 0 atom stereocenters. The van der Waals surface area contributed by atoms with Crippen molar-refractivity contribution in [1.29, 1.82) is 0 Å². The second-order valence-electron chi connectivity index (χ2n) is 9.48. The summed E-state index contributed by atoms with van der Waals surface area (Å²) < 4.78 is 5.76. The molecule has 194 valence electrons. The second-order valence-corrected chi connectivity index (χ2v) is 10.5. The summed E-state index contributed by atoms with van der Waals surface area (Å²) in [5.74, 6) is 0.404. The molecule has 1 aliphatic heterocycles. The molecular weight excluding hydrogens is 492 g/mol. The number of H-pyrrole nitrogens is 1. The molecule has 5 rings (SSSR count). The number of hydrogen-bond acceptors (Lipinski definition) is 10. The number of anilines is 4. The van der Waals surface area contributed by atoms with Crippen LogP contribution >= 0.6 is 11.8 Å². The van der Waals surface area contributed by atoms with Gasteiger partial charge in [-0.2, -0.15) is 5.10 Å². The molecule has 12 heteroatoms. The Balaban J connectivity index is 1.36.